The summed E-state index contributed by atoms with van der Waals surface area (Å²) in [6.07, 6.45) is -0.991. The first-order chi connectivity index (χ1) is 12.4. The fraction of sp³-hybridized carbons (Fsp3) is 0.615. The maximum atomic E-state index is 12.5. The van der Waals surface area contributed by atoms with Crippen LogP contribution in [-0.4, -0.2) is 79.7 Å². The molecular formula is C13H15Cl3N2O8S. The summed E-state index contributed by atoms with van der Waals surface area (Å²) in [6.45, 7) is -0.868. The molecule has 2 aliphatic heterocycles. The normalized spacial score (nSPS) is 24.0. The lowest BCUT2D eigenvalue weighted by Crippen LogP contribution is -2.75. The van der Waals surface area contributed by atoms with E-state index in [4.69, 9.17) is 44.3 Å². The molecule has 10 nitrogen and oxygen atoms in total. The molecule has 2 rings (SSSR count). The highest BCUT2D eigenvalue weighted by Gasteiger charge is 2.61. The average molecular weight is 466 g/mol. The van der Waals surface area contributed by atoms with E-state index in [1.54, 1.807) is 0 Å². The van der Waals surface area contributed by atoms with Crippen LogP contribution in [0, 0.1) is 0 Å². The lowest BCUT2D eigenvalue weighted by atomic mass is 10.0. The molecule has 0 radical (unpaired) electrons. The Bertz CT molecular complexity index is 792. The standard InChI is InChI=1S/C13H15Cl3N2O8S/c1-24-3-6-4-27(22,23)10-7(17-12(21)25-2)9(19)18(10)8(6)11(20)26-5-13(14,15)16/h7,10H,3-5H2,1-2H3,(H,17,21)/t7?,10-/m1/s1. The minimum atomic E-state index is -3.93. The van der Waals surface area contributed by atoms with E-state index in [0.29, 0.717) is 0 Å². The van der Waals surface area contributed by atoms with Crippen molar-refractivity contribution < 1.29 is 37.0 Å². The van der Waals surface area contributed by atoms with Gasteiger partial charge in [0.25, 0.3) is 5.91 Å². The van der Waals surface area contributed by atoms with Crippen molar-refractivity contribution >= 4 is 62.6 Å². The molecular weight excluding hydrogens is 451 g/mol. The number of carbonyl (C=O) groups is 3. The van der Waals surface area contributed by atoms with Gasteiger partial charge in [-0.25, -0.2) is 18.0 Å². The van der Waals surface area contributed by atoms with Gasteiger partial charge in [0.1, 0.15) is 18.3 Å². The summed E-state index contributed by atoms with van der Waals surface area (Å²) in [5.74, 6) is -2.46. The van der Waals surface area contributed by atoms with Gasteiger partial charge in [-0.15, -0.1) is 0 Å². The van der Waals surface area contributed by atoms with Gasteiger partial charge < -0.3 is 19.5 Å². The van der Waals surface area contributed by atoms with Crippen LogP contribution < -0.4 is 5.32 Å². The van der Waals surface area contributed by atoms with E-state index in [-0.39, 0.29) is 17.9 Å². The van der Waals surface area contributed by atoms with Gasteiger partial charge >= 0.3 is 12.1 Å². The van der Waals surface area contributed by atoms with E-state index in [2.05, 4.69) is 10.1 Å². The number of nitrogens with one attached hydrogen (secondary N) is 1. The minimum Gasteiger partial charge on any atom is -0.456 e. The van der Waals surface area contributed by atoms with Crippen LogP contribution in [-0.2, 0) is 33.6 Å². The van der Waals surface area contributed by atoms with E-state index in [1.165, 1.54) is 7.11 Å². The fourth-order valence-electron chi connectivity index (χ4n) is 2.70. The highest BCUT2D eigenvalue weighted by Crippen LogP contribution is 2.37. The molecule has 1 saturated heterocycles. The van der Waals surface area contributed by atoms with Gasteiger partial charge in [0.2, 0.25) is 3.79 Å². The number of hydrogen-bond acceptors (Lipinski definition) is 8. The van der Waals surface area contributed by atoms with Crippen LogP contribution in [0.25, 0.3) is 0 Å². The Hall–Kier alpha value is -1.27. The molecule has 2 amide bonds. The van der Waals surface area contributed by atoms with Crippen molar-refractivity contribution in [3.8, 4) is 0 Å². The molecule has 0 aromatic rings. The Labute approximate surface area is 169 Å². The van der Waals surface area contributed by atoms with E-state index in [1.807, 2.05) is 0 Å². The lowest BCUT2D eigenvalue weighted by molar-refractivity contribution is -0.152. The predicted octanol–water partition coefficient (Wildman–Crippen LogP) is 0.122. The molecule has 2 aliphatic rings. The first-order valence-corrected chi connectivity index (χ1v) is 10.1. The van der Waals surface area contributed by atoms with Crippen LogP contribution in [0.2, 0.25) is 0 Å². The number of nitrogens with zero attached hydrogens (tertiary/aromatic N) is 1. The van der Waals surface area contributed by atoms with Gasteiger partial charge in [-0.1, -0.05) is 34.8 Å². The quantitative estimate of drug-likeness (QED) is 0.344. The van der Waals surface area contributed by atoms with Gasteiger partial charge in [-0.3, -0.25) is 9.69 Å². The second-order valence-electron chi connectivity index (χ2n) is 5.60. The number of carbonyl (C=O) groups excluding carboxylic acids is 3. The Morgan fingerprint density at radius 1 is 1.30 bits per heavy atom. The summed E-state index contributed by atoms with van der Waals surface area (Å²) in [4.78, 5) is 37.0. The number of methoxy groups -OCH3 is 2. The zero-order valence-electron chi connectivity index (χ0n) is 14.0. The number of alkyl carbamates (subject to hydrolysis) is 1. The first-order valence-electron chi connectivity index (χ1n) is 7.27. The second-order valence-corrected chi connectivity index (χ2v) is 10.2. The molecule has 1 N–H and O–H groups in total. The summed E-state index contributed by atoms with van der Waals surface area (Å²) in [6, 6.07) is -1.40. The van der Waals surface area contributed by atoms with E-state index < -0.39 is 55.4 Å². The van der Waals surface area contributed by atoms with Crippen molar-refractivity contribution in [2.75, 3.05) is 33.2 Å². The van der Waals surface area contributed by atoms with Crippen LogP contribution >= 0.6 is 34.8 Å². The van der Waals surface area contributed by atoms with Crippen LogP contribution in [0.1, 0.15) is 0 Å². The summed E-state index contributed by atoms with van der Waals surface area (Å²) < 4.78 is 37.4. The maximum Gasteiger partial charge on any atom is 0.407 e. The Morgan fingerprint density at radius 3 is 2.44 bits per heavy atom. The molecule has 0 bridgehead atoms. The SMILES string of the molecule is COCC1=C(C(=O)OCC(Cl)(Cl)Cl)N2C(=O)C(NC(=O)OC)[C@H]2S(=O)(=O)C1. The minimum absolute atomic E-state index is 0.00735. The number of ether oxygens (including phenoxy) is 3. The van der Waals surface area contributed by atoms with Crippen molar-refractivity contribution in [1.29, 1.82) is 0 Å². The molecule has 27 heavy (non-hydrogen) atoms. The number of amides is 2. The monoisotopic (exact) mass is 464 g/mol. The molecule has 0 aromatic carbocycles. The van der Waals surface area contributed by atoms with Gasteiger partial charge in [0, 0.05) is 12.7 Å². The average Bonchev–Trinajstić information content (AvgIpc) is 2.56. The van der Waals surface area contributed by atoms with Crippen molar-refractivity contribution in [1.82, 2.24) is 10.2 Å². The van der Waals surface area contributed by atoms with Crippen LogP contribution in [0.5, 0.6) is 0 Å². The van der Waals surface area contributed by atoms with E-state index >= 15 is 0 Å². The molecule has 2 atom stereocenters. The maximum absolute atomic E-state index is 12.5. The number of β-lactam (4-membered cyclic amide) rings is 1. The van der Waals surface area contributed by atoms with Crippen LogP contribution in [0.4, 0.5) is 4.79 Å². The van der Waals surface area contributed by atoms with Crippen molar-refractivity contribution in [2.45, 2.75) is 15.2 Å². The molecule has 1 fully saturated rings. The smallest absolute Gasteiger partial charge is 0.407 e. The summed E-state index contributed by atoms with van der Waals surface area (Å²) in [5, 5.41) is 0.646. The number of hydrogen-bond donors (Lipinski definition) is 1. The lowest BCUT2D eigenvalue weighted by Gasteiger charge is -2.49. The van der Waals surface area contributed by atoms with Crippen molar-refractivity contribution in [2.24, 2.45) is 0 Å². The molecule has 0 aliphatic carbocycles. The number of sulfone groups is 1. The summed E-state index contributed by atoms with van der Waals surface area (Å²) in [7, 11) is -1.59. The predicted molar refractivity (Wildman–Crippen MR) is 93.9 cm³/mol. The number of alkyl halides is 3. The van der Waals surface area contributed by atoms with Crippen molar-refractivity contribution in [3.63, 3.8) is 0 Å². The zero-order chi connectivity index (χ0) is 20.6. The largest absolute Gasteiger partial charge is 0.456 e. The van der Waals surface area contributed by atoms with Crippen molar-refractivity contribution in [3.05, 3.63) is 11.3 Å². The van der Waals surface area contributed by atoms with Crippen LogP contribution in [0.15, 0.2) is 11.3 Å². The number of rotatable bonds is 5. The molecule has 2 heterocycles. The van der Waals surface area contributed by atoms with Gasteiger partial charge in [0.05, 0.1) is 19.5 Å². The molecule has 0 saturated carbocycles. The molecule has 14 heteroatoms. The Kier molecular flexibility index (Phi) is 6.52. The third kappa shape index (κ3) is 4.60. The fourth-order valence-corrected chi connectivity index (χ4v) is 4.87. The summed E-state index contributed by atoms with van der Waals surface area (Å²) >= 11 is 16.6. The van der Waals surface area contributed by atoms with E-state index in [9.17, 15) is 22.8 Å². The Morgan fingerprint density at radius 2 is 1.93 bits per heavy atom. The topological polar surface area (TPSA) is 128 Å². The zero-order valence-corrected chi connectivity index (χ0v) is 17.1. The van der Waals surface area contributed by atoms with Crippen LogP contribution in [0.3, 0.4) is 0 Å². The van der Waals surface area contributed by atoms with E-state index in [0.717, 1.165) is 12.0 Å². The molecule has 152 valence electrons. The van der Waals surface area contributed by atoms with Gasteiger partial charge in [0.15, 0.2) is 15.2 Å². The highest BCUT2D eigenvalue weighted by atomic mass is 35.6. The highest BCUT2D eigenvalue weighted by molar-refractivity contribution is 7.92. The molecule has 1 unspecified atom stereocenters. The third-order valence-electron chi connectivity index (χ3n) is 3.70. The molecule has 0 spiro atoms. The van der Waals surface area contributed by atoms with Gasteiger partial charge in [-0.2, -0.15) is 0 Å². The number of halogens is 3. The number of fused-ring (bicyclic) bond motifs is 1. The van der Waals surface area contributed by atoms with Gasteiger partial charge in [-0.05, 0) is 0 Å². The second kappa shape index (κ2) is 8.00. The Balaban J connectivity index is 2.39. The number of esters is 1. The first kappa shape index (κ1) is 22.0. The summed E-state index contributed by atoms with van der Waals surface area (Å²) in [5.41, 5.74) is -0.313. The third-order valence-corrected chi connectivity index (χ3v) is 6.00. The molecule has 0 aromatic heterocycles.